The molecule has 1 aliphatic carbocycles. The van der Waals surface area contributed by atoms with Crippen molar-refractivity contribution in [3.63, 3.8) is 0 Å². The van der Waals surface area contributed by atoms with E-state index in [0.29, 0.717) is 0 Å². The van der Waals surface area contributed by atoms with Crippen LogP contribution < -0.4 is 4.90 Å². The average molecular weight is 656 g/mol. The van der Waals surface area contributed by atoms with Gasteiger partial charge in [0.25, 0.3) is 0 Å². The largest absolute Gasteiger partial charge is 0.454 e. The molecule has 0 amide bonds. The molecule has 0 fully saturated rings. The lowest BCUT2D eigenvalue weighted by molar-refractivity contribution is 0.660. The number of aromatic nitrogens is 2. The van der Waals surface area contributed by atoms with Crippen LogP contribution in [-0.4, -0.2) is 9.97 Å². The van der Waals surface area contributed by atoms with E-state index in [-0.39, 0.29) is 5.41 Å². The number of hydrogen-bond donors (Lipinski definition) is 0. The van der Waals surface area contributed by atoms with E-state index < -0.39 is 0 Å². The minimum atomic E-state index is -0.0764. The molecule has 0 N–H and O–H groups in total. The van der Waals surface area contributed by atoms with E-state index >= 15 is 0 Å². The minimum absolute atomic E-state index is 0.0764. The first-order chi connectivity index (χ1) is 25.1. The van der Waals surface area contributed by atoms with Gasteiger partial charge in [0.2, 0.25) is 0 Å². The molecule has 0 unspecified atom stereocenters. The summed E-state index contributed by atoms with van der Waals surface area (Å²) in [4.78, 5) is 12.8. The van der Waals surface area contributed by atoms with Gasteiger partial charge < -0.3 is 9.32 Å². The molecule has 0 spiro atoms. The molecule has 2 aromatic heterocycles. The zero-order chi connectivity index (χ0) is 34.1. The highest BCUT2D eigenvalue weighted by atomic mass is 16.3. The first kappa shape index (κ1) is 29.4. The van der Waals surface area contributed by atoms with Crippen LogP contribution in [0, 0.1) is 0 Å². The molecule has 2 heterocycles. The van der Waals surface area contributed by atoms with E-state index in [0.717, 1.165) is 72.5 Å². The van der Waals surface area contributed by atoms with Crippen molar-refractivity contribution in [1.29, 1.82) is 0 Å². The number of para-hydroxylation sites is 4. The molecule has 9 aromatic rings. The number of rotatable bonds is 5. The minimum Gasteiger partial charge on any atom is -0.454 e. The number of furan rings is 1. The summed E-state index contributed by atoms with van der Waals surface area (Å²) in [6.45, 7) is 4.64. The normalized spacial score (nSPS) is 13.1. The number of hydrogen-bond acceptors (Lipinski definition) is 4. The van der Waals surface area contributed by atoms with Gasteiger partial charge in [0.05, 0.1) is 28.1 Å². The highest BCUT2D eigenvalue weighted by molar-refractivity contribution is 6.17. The molecule has 4 nitrogen and oxygen atoms in total. The van der Waals surface area contributed by atoms with Crippen LogP contribution in [0.15, 0.2) is 168 Å². The van der Waals surface area contributed by atoms with Crippen molar-refractivity contribution in [2.24, 2.45) is 0 Å². The number of fused-ring (bicyclic) bond motifs is 7. The number of anilines is 3. The summed E-state index contributed by atoms with van der Waals surface area (Å²) < 4.78 is 6.89. The van der Waals surface area contributed by atoms with Crippen molar-refractivity contribution in [2.75, 3.05) is 4.90 Å². The lowest BCUT2D eigenvalue weighted by atomic mass is 9.82. The zero-order valence-electron chi connectivity index (χ0n) is 28.3. The highest BCUT2D eigenvalue weighted by Gasteiger charge is 2.36. The molecule has 0 bridgehead atoms. The molecular weight excluding hydrogens is 623 g/mol. The lowest BCUT2D eigenvalue weighted by Gasteiger charge is -2.27. The topological polar surface area (TPSA) is 42.2 Å². The van der Waals surface area contributed by atoms with Crippen molar-refractivity contribution in [3.8, 4) is 33.6 Å². The molecular formula is C47H33N3O. The van der Waals surface area contributed by atoms with Crippen LogP contribution in [0.1, 0.15) is 25.0 Å². The predicted molar refractivity (Wildman–Crippen MR) is 210 cm³/mol. The summed E-state index contributed by atoms with van der Waals surface area (Å²) >= 11 is 0. The SMILES string of the molecule is CC1(C)c2ccccc2-c2cc(N(c3ccccc3)c3ccc(-c4nc5ccccc5nc4-c4ccccc4)c4c3oc3ccccc34)ccc21. The standard InChI is InChI=1S/C47H33N3O/c1-47(2)37-21-11-9-19-33(37)36-29-32(25-27-38(36)47)50(31-17-7-4-8-18-31)41-28-26-35(43-34-20-10-14-24-42(34)51-46(41)43)45-44(30-15-5-3-6-16-30)48-39-22-12-13-23-40(39)49-45/h3-29H,1-2H3. The van der Waals surface area contributed by atoms with E-state index in [1.165, 1.54) is 22.3 Å². The second kappa shape index (κ2) is 11.3. The van der Waals surface area contributed by atoms with Gasteiger partial charge in [-0.3, -0.25) is 0 Å². The van der Waals surface area contributed by atoms with E-state index in [1.54, 1.807) is 0 Å². The van der Waals surface area contributed by atoms with Gasteiger partial charge >= 0.3 is 0 Å². The Bertz CT molecular complexity index is 2780. The average Bonchev–Trinajstić information content (AvgIpc) is 3.68. The lowest BCUT2D eigenvalue weighted by Crippen LogP contribution is -2.15. The van der Waals surface area contributed by atoms with Crippen LogP contribution in [0.25, 0.3) is 66.6 Å². The van der Waals surface area contributed by atoms with Gasteiger partial charge in [0.1, 0.15) is 5.58 Å². The Kier molecular flexibility index (Phi) is 6.49. The molecule has 4 heteroatoms. The Hall–Kier alpha value is -6.52. The maximum Gasteiger partial charge on any atom is 0.160 e. The summed E-state index contributed by atoms with van der Waals surface area (Å²) in [5, 5.41) is 2.05. The van der Waals surface area contributed by atoms with Crippen LogP contribution in [0.2, 0.25) is 0 Å². The van der Waals surface area contributed by atoms with E-state index in [9.17, 15) is 0 Å². The quantitative estimate of drug-likeness (QED) is 0.185. The zero-order valence-corrected chi connectivity index (χ0v) is 28.3. The van der Waals surface area contributed by atoms with Crippen LogP contribution >= 0.6 is 0 Å². The molecule has 0 saturated heterocycles. The maximum atomic E-state index is 6.89. The van der Waals surface area contributed by atoms with Crippen molar-refractivity contribution >= 4 is 50.0 Å². The van der Waals surface area contributed by atoms with Crippen molar-refractivity contribution < 1.29 is 4.42 Å². The third kappa shape index (κ3) is 4.53. The fourth-order valence-corrected chi connectivity index (χ4v) is 8.02. The molecule has 0 aliphatic heterocycles. The number of benzene rings is 7. The predicted octanol–water partition coefficient (Wildman–Crippen LogP) is 12.6. The highest BCUT2D eigenvalue weighted by Crippen LogP contribution is 2.52. The molecule has 0 radical (unpaired) electrons. The Labute approximate surface area is 296 Å². The molecule has 51 heavy (non-hydrogen) atoms. The number of nitrogens with zero attached hydrogens (tertiary/aromatic N) is 3. The fraction of sp³-hybridized carbons (Fsp3) is 0.0638. The van der Waals surface area contributed by atoms with Gasteiger partial charge in [-0.15, -0.1) is 0 Å². The second-order valence-corrected chi connectivity index (χ2v) is 13.8. The Balaban J connectivity index is 1.26. The molecule has 0 atom stereocenters. The van der Waals surface area contributed by atoms with Crippen molar-refractivity contribution in [1.82, 2.24) is 9.97 Å². The maximum absolute atomic E-state index is 6.89. The first-order valence-electron chi connectivity index (χ1n) is 17.4. The molecule has 0 saturated carbocycles. The van der Waals surface area contributed by atoms with Crippen molar-refractivity contribution in [3.05, 3.63) is 175 Å². The van der Waals surface area contributed by atoms with Gasteiger partial charge in [-0.1, -0.05) is 123 Å². The van der Waals surface area contributed by atoms with Gasteiger partial charge in [0, 0.05) is 38.7 Å². The monoisotopic (exact) mass is 655 g/mol. The van der Waals surface area contributed by atoms with Gasteiger partial charge in [-0.2, -0.15) is 0 Å². The van der Waals surface area contributed by atoms with Crippen LogP contribution in [0.5, 0.6) is 0 Å². The third-order valence-corrected chi connectivity index (χ3v) is 10.5. The summed E-state index contributed by atoms with van der Waals surface area (Å²) in [5.74, 6) is 0. The van der Waals surface area contributed by atoms with Crippen LogP contribution in [0.3, 0.4) is 0 Å². The molecule has 242 valence electrons. The summed E-state index contributed by atoms with van der Waals surface area (Å²) in [5.41, 5.74) is 15.3. The molecule has 7 aromatic carbocycles. The smallest absolute Gasteiger partial charge is 0.160 e. The van der Waals surface area contributed by atoms with Gasteiger partial charge in [-0.05, 0) is 76.9 Å². The summed E-state index contributed by atoms with van der Waals surface area (Å²) in [6.07, 6.45) is 0. The van der Waals surface area contributed by atoms with E-state index in [2.05, 4.69) is 140 Å². The Morgan fingerprint density at radius 1 is 0.510 bits per heavy atom. The molecule has 10 rings (SSSR count). The third-order valence-electron chi connectivity index (χ3n) is 10.5. The van der Waals surface area contributed by atoms with E-state index in [4.69, 9.17) is 14.4 Å². The summed E-state index contributed by atoms with van der Waals surface area (Å²) in [6, 6.07) is 57.4. The van der Waals surface area contributed by atoms with E-state index in [1.807, 2.05) is 42.5 Å². The van der Waals surface area contributed by atoms with Crippen LogP contribution in [-0.2, 0) is 5.41 Å². The van der Waals surface area contributed by atoms with Crippen LogP contribution in [0.4, 0.5) is 17.1 Å². The second-order valence-electron chi connectivity index (χ2n) is 13.8. The van der Waals surface area contributed by atoms with Gasteiger partial charge in [0.15, 0.2) is 5.58 Å². The van der Waals surface area contributed by atoms with Crippen molar-refractivity contribution in [2.45, 2.75) is 19.3 Å². The first-order valence-corrected chi connectivity index (χ1v) is 17.4. The Morgan fingerprint density at radius 3 is 1.96 bits per heavy atom. The van der Waals surface area contributed by atoms with Gasteiger partial charge in [-0.25, -0.2) is 9.97 Å². The molecule has 1 aliphatic rings. The fourth-order valence-electron chi connectivity index (χ4n) is 8.02. The summed E-state index contributed by atoms with van der Waals surface area (Å²) in [7, 11) is 0. The Morgan fingerprint density at radius 2 is 1.16 bits per heavy atom.